The van der Waals surface area contributed by atoms with Gasteiger partial charge in [-0.2, -0.15) is 0 Å². The van der Waals surface area contributed by atoms with Crippen molar-refractivity contribution >= 4 is 17.5 Å². The molecule has 0 spiro atoms. The molecule has 0 saturated heterocycles. The van der Waals surface area contributed by atoms with Gasteiger partial charge < -0.3 is 5.32 Å². The zero-order valence-corrected chi connectivity index (χ0v) is 10.0. The second kappa shape index (κ2) is 4.42. The molecule has 1 amide bonds. The van der Waals surface area contributed by atoms with E-state index in [1.807, 2.05) is 6.92 Å². The highest BCUT2D eigenvalue weighted by Crippen LogP contribution is 2.45. The Balaban J connectivity index is 1.93. The normalized spacial score (nSPS) is 16.9. The highest BCUT2D eigenvalue weighted by atomic mass is 35.5. The Morgan fingerprint density at radius 2 is 2.38 bits per heavy atom. The van der Waals surface area contributed by atoms with Crippen molar-refractivity contribution in [1.82, 2.24) is 10.3 Å². The third-order valence-electron chi connectivity index (χ3n) is 3.02. The topological polar surface area (TPSA) is 42.0 Å². The second-order valence-electron chi connectivity index (χ2n) is 4.50. The summed E-state index contributed by atoms with van der Waals surface area (Å²) in [4.78, 5) is 15.9. The van der Waals surface area contributed by atoms with E-state index < -0.39 is 0 Å². The third kappa shape index (κ3) is 2.53. The summed E-state index contributed by atoms with van der Waals surface area (Å²) in [5.74, 6) is 0.588. The summed E-state index contributed by atoms with van der Waals surface area (Å²) in [6.45, 7) is 2.55. The Kier molecular flexibility index (Phi) is 3.15. The standard InChI is InChI=1S/C12H15ClN2O/c1-9-6-10(2-5-14-9)11(16)15-8-12(7-13)3-4-12/h2,5-6H,3-4,7-8H2,1H3,(H,15,16). The lowest BCUT2D eigenvalue weighted by molar-refractivity contribution is 0.0946. The molecule has 1 heterocycles. The van der Waals surface area contributed by atoms with Gasteiger partial charge in [-0.05, 0) is 31.9 Å². The molecule has 1 aromatic rings. The number of rotatable bonds is 4. The highest BCUT2D eigenvalue weighted by molar-refractivity contribution is 6.18. The third-order valence-corrected chi connectivity index (χ3v) is 3.59. The van der Waals surface area contributed by atoms with Crippen molar-refractivity contribution in [2.75, 3.05) is 12.4 Å². The summed E-state index contributed by atoms with van der Waals surface area (Å²) in [5, 5.41) is 2.93. The number of hydrogen-bond donors (Lipinski definition) is 1. The summed E-state index contributed by atoms with van der Waals surface area (Å²) in [6, 6.07) is 3.51. The number of aryl methyl sites for hydroxylation is 1. The first-order valence-electron chi connectivity index (χ1n) is 5.42. The number of alkyl halides is 1. The number of nitrogens with zero attached hydrogens (tertiary/aromatic N) is 1. The molecule has 86 valence electrons. The van der Waals surface area contributed by atoms with Gasteiger partial charge in [-0.15, -0.1) is 11.6 Å². The van der Waals surface area contributed by atoms with Gasteiger partial charge in [0.1, 0.15) is 0 Å². The lowest BCUT2D eigenvalue weighted by Gasteiger charge is -2.12. The van der Waals surface area contributed by atoms with E-state index in [0.717, 1.165) is 18.5 Å². The number of pyridine rings is 1. The van der Waals surface area contributed by atoms with Crippen molar-refractivity contribution < 1.29 is 4.79 Å². The minimum atomic E-state index is -0.0399. The van der Waals surface area contributed by atoms with Gasteiger partial charge in [0.2, 0.25) is 0 Å². The molecule has 1 aromatic heterocycles. The summed E-state index contributed by atoms with van der Waals surface area (Å²) in [6.07, 6.45) is 3.89. The molecule has 1 N–H and O–H groups in total. The Morgan fingerprint density at radius 3 is 2.94 bits per heavy atom. The molecule has 0 bridgehead atoms. The molecular weight excluding hydrogens is 224 g/mol. The molecule has 0 unspecified atom stereocenters. The molecule has 0 aliphatic heterocycles. The van der Waals surface area contributed by atoms with Crippen LogP contribution in [0.15, 0.2) is 18.3 Å². The van der Waals surface area contributed by atoms with E-state index in [9.17, 15) is 4.79 Å². The zero-order chi connectivity index (χ0) is 11.6. The Labute approximate surface area is 100 Å². The first kappa shape index (κ1) is 11.4. The molecular formula is C12H15ClN2O. The Hall–Kier alpha value is -1.09. The summed E-state index contributed by atoms with van der Waals surface area (Å²) >= 11 is 5.85. The van der Waals surface area contributed by atoms with E-state index in [0.29, 0.717) is 18.0 Å². The maximum Gasteiger partial charge on any atom is 0.251 e. The molecule has 4 heteroatoms. The summed E-state index contributed by atoms with van der Waals surface area (Å²) in [7, 11) is 0. The van der Waals surface area contributed by atoms with Crippen molar-refractivity contribution in [2.24, 2.45) is 5.41 Å². The lowest BCUT2D eigenvalue weighted by Crippen LogP contribution is -2.31. The number of hydrogen-bond acceptors (Lipinski definition) is 2. The fourth-order valence-electron chi connectivity index (χ4n) is 1.59. The van der Waals surface area contributed by atoms with Crippen LogP contribution >= 0.6 is 11.6 Å². The van der Waals surface area contributed by atoms with Crippen LogP contribution < -0.4 is 5.32 Å². The van der Waals surface area contributed by atoms with Gasteiger partial charge >= 0.3 is 0 Å². The van der Waals surface area contributed by atoms with Gasteiger partial charge in [0, 0.05) is 35.3 Å². The van der Waals surface area contributed by atoms with Gasteiger partial charge in [0.15, 0.2) is 0 Å². The largest absolute Gasteiger partial charge is 0.351 e. The van der Waals surface area contributed by atoms with Crippen LogP contribution in [0.2, 0.25) is 0 Å². The average Bonchev–Trinajstić information content (AvgIpc) is 3.07. The molecule has 1 aliphatic carbocycles. The van der Waals surface area contributed by atoms with Crippen LogP contribution in [0.25, 0.3) is 0 Å². The van der Waals surface area contributed by atoms with Gasteiger partial charge in [-0.3, -0.25) is 9.78 Å². The quantitative estimate of drug-likeness (QED) is 0.817. The Bertz CT molecular complexity index is 402. The fourth-order valence-corrected chi connectivity index (χ4v) is 1.95. The van der Waals surface area contributed by atoms with Crippen LogP contribution in [-0.2, 0) is 0 Å². The van der Waals surface area contributed by atoms with Gasteiger partial charge in [0.25, 0.3) is 5.91 Å². The van der Waals surface area contributed by atoms with E-state index in [4.69, 9.17) is 11.6 Å². The average molecular weight is 239 g/mol. The molecule has 1 fully saturated rings. The van der Waals surface area contributed by atoms with Crippen LogP contribution in [0.3, 0.4) is 0 Å². The predicted molar refractivity (Wildman–Crippen MR) is 63.7 cm³/mol. The Morgan fingerprint density at radius 1 is 1.62 bits per heavy atom. The molecule has 0 atom stereocenters. The maximum atomic E-state index is 11.8. The summed E-state index contributed by atoms with van der Waals surface area (Å²) < 4.78 is 0. The number of aromatic nitrogens is 1. The maximum absolute atomic E-state index is 11.8. The van der Waals surface area contributed by atoms with Crippen molar-refractivity contribution in [1.29, 1.82) is 0 Å². The molecule has 1 saturated carbocycles. The van der Waals surface area contributed by atoms with Gasteiger partial charge in [0.05, 0.1) is 0 Å². The van der Waals surface area contributed by atoms with Crippen molar-refractivity contribution in [3.63, 3.8) is 0 Å². The minimum Gasteiger partial charge on any atom is -0.351 e. The van der Waals surface area contributed by atoms with Crippen LogP contribution in [0.5, 0.6) is 0 Å². The van der Waals surface area contributed by atoms with Gasteiger partial charge in [-0.1, -0.05) is 0 Å². The van der Waals surface area contributed by atoms with Crippen molar-refractivity contribution in [3.05, 3.63) is 29.6 Å². The van der Waals surface area contributed by atoms with Crippen molar-refractivity contribution in [3.8, 4) is 0 Å². The fraction of sp³-hybridized carbons (Fsp3) is 0.500. The SMILES string of the molecule is Cc1cc(C(=O)NCC2(CCl)CC2)ccn1. The van der Waals surface area contributed by atoms with Crippen LogP contribution in [0.4, 0.5) is 0 Å². The zero-order valence-electron chi connectivity index (χ0n) is 9.29. The van der Waals surface area contributed by atoms with E-state index in [1.54, 1.807) is 18.3 Å². The molecule has 16 heavy (non-hydrogen) atoms. The van der Waals surface area contributed by atoms with E-state index in [2.05, 4.69) is 10.3 Å². The number of nitrogens with one attached hydrogen (secondary N) is 1. The highest BCUT2D eigenvalue weighted by Gasteiger charge is 2.41. The smallest absolute Gasteiger partial charge is 0.251 e. The number of carbonyl (C=O) groups is 1. The van der Waals surface area contributed by atoms with E-state index in [1.165, 1.54) is 0 Å². The van der Waals surface area contributed by atoms with Crippen LogP contribution in [0.1, 0.15) is 28.9 Å². The molecule has 0 radical (unpaired) electrons. The van der Waals surface area contributed by atoms with Crippen LogP contribution in [-0.4, -0.2) is 23.3 Å². The molecule has 3 nitrogen and oxygen atoms in total. The van der Waals surface area contributed by atoms with Crippen LogP contribution in [0, 0.1) is 12.3 Å². The van der Waals surface area contributed by atoms with Gasteiger partial charge in [-0.25, -0.2) is 0 Å². The lowest BCUT2D eigenvalue weighted by atomic mass is 10.1. The monoisotopic (exact) mass is 238 g/mol. The number of carbonyl (C=O) groups excluding carboxylic acids is 1. The minimum absolute atomic E-state index is 0.0399. The first-order chi connectivity index (χ1) is 7.65. The summed E-state index contributed by atoms with van der Waals surface area (Å²) in [5.41, 5.74) is 1.68. The van der Waals surface area contributed by atoms with Crippen molar-refractivity contribution in [2.45, 2.75) is 19.8 Å². The molecule has 0 aromatic carbocycles. The number of amides is 1. The van der Waals surface area contributed by atoms with E-state index in [-0.39, 0.29) is 11.3 Å². The number of halogens is 1. The second-order valence-corrected chi connectivity index (χ2v) is 4.77. The molecule has 1 aliphatic rings. The molecule has 2 rings (SSSR count). The first-order valence-corrected chi connectivity index (χ1v) is 5.95. The van der Waals surface area contributed by atoms with E-state index >= 15 is 0 Å². The predicted octanol–water partition coefficient (Wildman–Crippen LogP) is 2.14.